The molecule has 1 saturated heterocycles. The van der Waals surface area contributed by atoms with Gasteiger partial charge in [-0.1, -0.05) is 18.2 Å². The lowest BCUT2D eigenvalue weighted by atomic mass is 10.2. The first-order valence-corrected chi connectivity index (χ1v) is 9.40. The maximum absolute atomic E-state index is 12.5. The average molecular weight is 382 g/mol. The molecule has 7 heteroatoms. The van der Waals surface area contributed by atoms with Crippen LogP contribution in [0.1, 0.15) is 10.4 Å². The normalized spacial score (nSPS) is 13.9. The van der Waals surface area contributed by atoms with Gasteiger partial charge in [-0.3, -0.25) is 4.79 Å². The minimum atomic E-state index is -0.160. The number of ether oxygens (including phenoxy) is 1. The molecule has 2 aromatic carbocycles. The SMILES string of the molecule is COCCNC(=O)c1ccc(NC(=O)N2CCN(c3ccccc3)CC2)cc1. The number of methoxy groups -OCH3 is 1. The quantitative estimate of drug-likeness (QED) is 0.753. The van der Waals surface area contributed by atoms with Crippen molar-refractivity contribution in [2.75, 3.05) is 56.7 Å². The summed E-state index contributed by atoms with van der Waals surface area (Å²) in [6.07, 6.45) is 0. The van der Waals surface area contributed by atoms with Crippen LogP contribution in [0, 0.1) is 0 Å². The van der Waals surface area contributed by atoms with E-state index < -0.39 is 0 Å². The van der Waals surface area contributed by atoms with Crippen LogP contribution in [0.15, 0.2) is 54.6 Å². The van der Waals surface area contributed by atoms with E-state index >= 15 is 0 Å². The Bertz CT molecular complexity index is 772. The van der Waals surface area contributed by atoms with Gasteiger partial charge in [-0.05, 0) is 36.4 Å². The van der Waals surface area contributed by atoms with Crippen molar-refractivity contribution >= 4 is 23.3 Å². The Kier molecular flexibility index (Phi) is 6.86. The van der Waals surface area contributed by atoms with Crippen molar-refractivity contribution in [1.29, 1.82) is 0 Å². The maximum atomic E-state index is 12.5. The molecule has 0 radical (unpaired) electrons. The van der Waals surface area contributed by atoms with Gasteiger partial charge >= 0.3 is 6.03 Å². The van der Waals surface area contributed by atoms with Crippen molar-refractivity contribution in [3.8, 4) is 0 Å². The molecule has 1 heterocycles. The summed E-state index contributed by atoms with van der Waals surface area (Å²) >= 11 is 0. The zero-order chi connectivity index (χ0) is 19.8. The summed E-state index contributed by atoms with van der Waals surface area (Å²) in [5.74, 6) is -0.160. The van der Waals surface area contributed by atoms with Crippen molar-refractivity contribution in [2.24, 2.45) is 0 Å². The van der Waals surface area contributed by atoms with Gasteiger partial charge in [0.25, 0.3) is 5.91 Å². The van der Waals surface area contributed by atoms with Crippen molar-refractivity contribution < 1.29 is 14.3 Å². The van der Waals surface area contributed by atoms with Crippen LogP contribution in [0.25, 0.3) is 0 Å². The van der Waals surface area contributed by atoms with Crippen LogP contribution in [-0.4, -0.2) is 63.3 Å². The number of rotatable bonds is 6. The lowest BCUT2D eigenvalue weighted by molar-refractivity contribution is 0.0937. The third-order valence-corrected chi connectivity index (χ3v) is 4.68. The van der Waals surface area contributed by atoms with Crippen LogP contribution < -0.4 is 15.5 Å². The molecule has 0 aromatic heterocycles. The van der Waals surface area contributed by atoms with E-state index in [-0.39, 0.29) is 11.9 Å². The Balaban J connectivity index is 1.48. The summed E-state index contributed by atoms with van der Waals surface area (Å²) in [5, 5.41) is 5.67. The Morgan fingerprint density at radius 2 is 1.64 bits per heavy atom. The number of amides is 3. The van der Waals surface area contributed by atoms with Crippen molar-refractivity contribution in [1.82, 2.24) is 10.2 Å². The molecule has 1 aliphatic rings. The van der Waals surface area contributed by atoms with Gasteiger partial charge in [-0.25, -0.2) is 4.79 Å². The number of nitrogens with zero attached hydrogens (tertiary/aromatic N) is 2. The summed E-state index contributed by atoms with van der Waals surface area (Å²) in [5.41, 5.74) is 2.40. The number of carbonyl (C=O) groups is 2. The molecule has 0 unspecified atom stereocenters. The van der Waals surface area contributed by atoms with Crippen LogP contribution in [0.2, 0.25) is 0 Å². The summed E-state index contributed by atoms with van der Waals surface area (Å²) < 4.78 is 4.91. The van der Waals surface area contributed by atoms with E-state index in [0.717, 1.165) is 13.1 Å². The fraction of sp³-hybridized carbons (Fsp3) is 0.333. The second kappa shape index (κ2) is 9.75. The second-order valence-corrected chi connectivity index (χ2v) is 6.57. The highest BCUT2D eigenvalue weighted by Gasteiger charge is 2.21. The summed E-state index contributed by atoms with van der Waals surface area (Å²) in [4.78, 5) is 28.6. The van der Waals surface area contributed by atoms with Gasteiger partial charge in [0.1, 0.15) is 0 Å². The van der Waals surface area contributed by atoms with E-state index in [4.69, 9.17) is 4.74 Å². The van der Waals surface area contributed by atoms with Gasteiger partial charge in [0.2, 0.25) is 0 Å². The van der Waals surface area contributed by atoms with Gasteiger partial charge in [-0.2, -0.15) is 0 Å². The number of hydrogen-bond donors (Lipinski definition) is 2. The molecule has 0 atom stereocenters. The zero-order valence-corrected chi connectivity index (χ0v) is 16.1. The van der Waals surface area contributed by atoms with E-state index in [9.17, 15) is 9.59 Å². The molecule has 0 spiro atoms. The van der Waals surface area contributed by atoms with Gasteiger partial charge < -0.3 is 25.2 Å². The predicted octanol–water partition coefficient (Wildman–Crippen LogP) is 2.42. The summed E-state index contributed by atoms with van der Waals surface area (Å²) in [6, 6.07) is 17.0. The Labute approximate surface area is 165 Å². The number of piperazine rings is 1. The standard InChI is InChI=1S/C21H26N4O3/c1-28-16-11-22-20(26)17-7-9-18(10-8-17)23-21(27)25-14-12-24(13-15-25)19-5-3-2-4-6-19/h2-10H,11-16H2,1H3,(H,22,26)(H,23,27). The zero-order valence-electron chi connectivity index (χ0n) is 16.1. The van der Waals surface area contributed by atoms with E-state index in [1.807, 2.05) is 23.1 Å². The Hall–Kier alpha value is -3.06. The first-order chi connectivity index (χ1) is 13.7. The van der Waals surface area contributed by atoms with Crippen LogP contribution in [0.4, 0.5) is 16.2 Å². The largest absolute Gasteiger partial charge is 0.383 e. The number of benzene rings is 2. The monoisotopic (exact) mass is 382 g/mol. The van der Waals surface area contributed by atoms with Crippen LogP contribution in [0.5, 0.6) is 0 Å². The number of nitrogens with one attached hydrogen (secondary N) is 2. The highest BCUT2D eigenvalue weighted by atomic mass is 16.5. The molecule has 0 aliphatic carbocycles. The predicted molar refractivity (Wildman–Crippen MR) is 110 cm³/mol. The molecule has 3 rings (SSSR count). The topological polar surface area (TPSA) is 73.9 Å². The molecule has 148 valence electrons. The van der Waals surface area contributed by atoms with Crippen LogP contribution in [0.3, 0.4) is 0 Å². The molecular formula is C21H26N4O3. The highest BCUT2D eigenvalue weighted by Crippen LogP contribution is 2.16. The number of para-hydroxylation sites is 1. The molecule has 28 heavy (non-hydrogen) atoms. The van der Waals surface area contributed by atoms with Gasteiger partial charge in [0.15, 0.2) is 0 Å². The summed E-state index contributed by atoms with van der Waals surface area (Å²) in [6.45, 7) is 3.87. The van der Waals surface area contributed by atoms with Gasteiger partial charge in [0.05, 0.1) is 6.61 Å². The Morgan fingerprint density at radius 1 is 0.964 bits per heavy atom. The molecule has 3 amide bonds. The van der Waals surface area contributed by atoms with E-state index in [0.29, 0.717) is 37.5 Å². The molecule has 1 aliphatic heterocycles. The smallest absolute Gasteiger partial charge is 0.321 e. The molecule has 0 bridgehead atoms. The molecule has 2 aromatic rings. The third-order valence-electron chi connectivity index (χ3n) is 4.68. The van der Waals surface area contributed by atoms with E-state index in [2.05, 4.69) is 27.7 Å². The molecular weight excluding hydrogens is 356 g/mol. The third kappa shape index (κ3) is 5.23. The first kappa shape index (κ1) is 19.7. The number of hydrogen-bond acceptors (Lipinski definition) is 4. The first-order valence-electron chi connectivity index (χ1n) is 9.40. The van der Waals surface area contributed by atoms with Crippen LogP contribution >= 0.6 is 0 Å². The summed E-state index contributed by atoms with van der Waals surface area (Å²) in [7, 11) is 1.59. The van der Waals surface area contributed by atoms with Gasteiger partial charge in [0, 0.05) is 56.8 Å². The van der Waals surface area contributed by atoms with E-state index in [1.54, 1.807) is 31.4 Å². The number of anilines is 2. The second-order valence-electron chi connectivity index (χ2n) is 6.57. The molecule has 7 nitrogen and oxygen atoms in total. The fourth-order valence-electron chi connectivity index (χ4n) is 3.08. The average Bonchev–Trinajstić information content (AvgIpc) is 2.75. The molecule has 1 fully saturated rings. The minimum absolute atomic E-state index is 0.120. The van der Waals surface area contributed by atoms with Crippen molar-refractivity contribution in [2.45, 2.75) is 0 Å². The Morgan fingerprint density at radius 3 is 2.29 bits per heavy atom. The number of urea groups is 1. The lowest BCUT2D eigenvalue weighted by Crippen LogP contribution is -2.50. The fourth-order valence-corrected chi connectivity index (χ4v) is 3.08. The number of carbonyl (C=O) groups excluding carboxylic acids is 2. The van der Waals surface area contributed by atoms with Crippen LogP contribution in [-0.2, 0) is 4.74 Å². The molecule has 0 saturated carbocycles. The highest BCUT2D eigenvalue weighted by molar-refractivity contribution is 5.95. The van der Waals surface area contributed by atoms with Crippen molar-refractivity contribution in [3.05, 3.63) is 60.2 Å². The minimum Gasteiger partial charge on any atom is -0.383 e. The maximum Gasteiger partial charge on any atom is 0.321 e. The van der Waals surface area contributed by atoms with Gasteiger partial charge in [-0.15, -0.1) is 0 Å². The van der Waals surface area contributed by atoms with E-state index in [1.165, 1.54) is 5.69 Å². The van der Waals surface area contributed by atoms with Crippen molar-refractivity contribution in [3.63, 3.8) is 0 Å². The lowest BCUT2D eigenvalue weighted by Gasteiger charge is -2.36. The molecule has 2 N–H and O–H groups in total.